The lowest BCUT2D eigenvalue weighted by molar-refractivity contribution is -0.159. The van der Waals surface area contributed by atoms with Gasteiger partial charge in [-0.15, -0.1) is 0 Å². The maximum absolute atomic E-state index is 12.9. The smallest absolute Gasteiger partial charge is 0.254 e. The third-order valence-electron chi connectivity index (χ3n) is 4.19. The first-order valence-corrected chi connectivity index (χ1v) is 7.95. The quantitative estimate of drug-likeness (QED) is 0.856. The van der Waals surface area contributed by atoms with Gasteiger partial charge in [0.25, 0.3) is 5.91 Å². The van der Waals surface area contributed by atoms with E-state index in [0.29, 0.717) is 31.4 Å². The monoisotopic (exact) mass is 321 g/mol. The number of carbonyl (C=O) groups is 1. The van der Waals surface area contributed by atoms with Crippen LogP contribution in [0.2, 0.25) is 0 Å². The highest BCUT2D eigenvalue weighted by Gasteiger charge is 2.35. The summed E-state index contributed by atoms with van der Waals surface area (Å²) in [6.45, 7) is 5.38. The van der Waals surface area contributed by atoms with Gasteiger partial charge >= 0.3 is 0 Å². The van der Waals surface area contributed by atoms with Crippen molar-refractivity contribution < 1.29 is 14.3 Å². The fourth-order valence-electron chi connectivity index (χ4n) is 3.20. The van der Waals surface area contributed by atoms with Crippen molar-refractivity contribution in [3.8, 4) is 0 Å². The van der Waals surface area contributed by atoms with Crippen molar-refractivity contribution in [2.75, 3.05) is 26.4 Å². The van der Waals surface area contributed by atoms with Crippen molar-refractivity contribution >= 4 is 17.5 Å². The average Bonchev–Trinajstić information content (AvgIpc) is 2.96. The highest BCUT2D eigenvalue weighted by molar-refractivity contribution is 6.29. The van der Waals surface area contributed by atoms with Crippen molar-refractivity contribution in [2.24, 2.45) is 0 Å². The summed E-state index contributed by atoms with van der Waals surface area (Å²) in [5.41, 5.74) is 2.50. The van der Waals surface area contributed by atoms with Crippen LogP contribution >= 0.6 is 11.6 Å². The summed E-state index contributed by atoms with van der Waals surface area (Å²) in [7, 11) is 0. The van der Waals surface area contributed by atoms with Crippen LogP contribution in [0.4, 0.5) is 0 Å². The molecule has 1 aromatic rings. The Labute approximate surface area is 135 Å². The minimum Gasteiger partial charge on any atom is -0.376 e. The van der Waals surface area contributed by atoms with Crippen molar-refractivity contribution in [1.29, 1.82) is 0 Å². The predicted molar refractivity (Wildman–Crippen MR) is 84.8 cm³/mol. The summed E-state index contributed by atoms with van der Waals surface area (Å²) in [6, 6.07) is 8.28. The number of amides is 1. The van der Waals surface area contributed by atoms with Gasteiger partial charge in [0.1, 0.15) is 0 Å². The number of hydrogen-bond donors (Lipinski definition) is 0. The molecule has 2 aliphatic rings. The minimum absolute atomic E-state index is 0.0322. The van der Waals surface area contributed by atoms with E-state index in [1.165, 1.54) is 11.1 Å². The molecule has 0 radical (unpaired) electrons. The molecule has 1 heterocycles. The summed E-state index contributed by atoms with van der Waals surface area (Å²) in [5.74, 6) is -0.0665. The molecule has 1 fully saturated rings. The number of halogens is 1. The van der Waals surface area contributed by atoms with E-state index in [1.807, 2.05) is 12.1 Å². The zero-order chi connectivity index (χ0) is 15.5. The summed E-state index contributed by atoms with van der Waals surface area (Å²) in [5, 5.41) is 0.453. The summed E-state index contributed by atoms with van der Waals surface area (Å²) >= 11 is 6.00. The standard InChI is InChI=1S/C17H20ClNO3/c1-12(18)10-19(17(20)16-11-21-8-9-22-16)15-7-6-13-4-2-3-5-14(13)15/h2-5,15-16H,1,6-11H2/t15-,16-/m1/s1. The second-order valence-electron chi connectivity index (χ2n) is 5.67. The van der Waals surface area contributed by atoms with Crippen LogP contribution in [0.1, 0.15) is 23.6 Å². The van der Waals surface area contributed by atoms with Gasteiger partial charge in [0.2, 0.25) is 0 Å². The Morgan fingerprint density at radius 3 is 2.91 bits per heavy atom. The summed E-state index contributed by atoms with van der Waals surface area (Å²) < 4.78 is 10.9. The molecular formula is C17H20ClNO3. The number of fused-ring (bicyclic) bond motifs is 1. The van der Waals surface area contributed by atoms with E-state index >= 15 is 0 Å². The van der Waals surface area contributed by atoms with Crippen molar-refractivity contribution in [3.05, 3.63) is 47.0 Å². The number of carbonyl (C=O) groups excluding carboxylic acids is 1. The molecule has 0 aromatic heterocycles. The molecule has 0 bridgehead atoms. The molecule has 1 aliphatic carbocycles. The van der Waals surface area contributed by atoms with Crippen LogP contribution < -0.4 is 0 Å². The van der Waals surface area contributed by atoms with E-state index in [-0.39, 0.29) is 11.9 Å². The van der Waals surface area contributed by atoms with Gasteiger partial charge < -0.3 is 14.4 Å². The maximum Gasteiger partial charge on any atom is 0.254 e. The molecule has 1 amide bonds. The minimum atomic E-state index is -0.544. The van der Waals surface area contributed by atoms with Gasteiger partial charge in [-0.1, -0.05) is 42.4 Å². The molecule has 22 heavy (non-hydrogen) atoms. The van der Waals surface area contributed by atoms with Crippen molar-refractivity contribution in [2.45, 2.75) is 25.0 Å². The average molecular weight is 322 g/mol. The molecule has 2 atom stereocenters. The topological polar surface area (TPSA) is 38.8 Å². The van der Waals surface area contributed by atoms with E-state index in [1.54, 1.807) is 4.90 Å². The normalized spacial score (nSPS) is 23.9. The zero-order valence-electron chi connectivity index (χ0n) is 12.5. The first-order valence-electron chi connectivity index (χ1n) is 7.57. The highest BCUT2D eigenvalue weighted by atomic mass is 35.5. The second-order valence-corrected chi connectivity index (χ2v) is 6.21. The Kier molecular flexibility index (Phi) is 4.81. The lowest BCUT2D eigenvalue weighted by Crippen LogP contribution is -2.46. The molecule has 5 heteroatoms. The molecule has 118 valence electrons. The SMILES string of the molecule is C=C(Cl)CN(C(=O)[C@H]1COCCO1)[C@@H]1CCc2ccccc21. The Bertz CT molecular complexity index is 569. The molecule has 0 spiro atoms. The van der Waals surface area contributed by atoms with Crippen molar-refractivity contribution in [3.63, 3.8) is 0 Å². The maximum atomic E-state index is 12.9. The van der Waals surface area contributed by atoms with Gasteiger partial charge in [-0.2, -0.15) is 0 Å². The number of aryl methyl sites for hydroxylation is 1. The van der Waals surface area contributed by atoms with Gasteiger partial charge in [0, 0.05) is 5.03 Å². The summed E-state index contributed by atoms with van der Waals surface area (Å²) in [4.78, 5) is 14.6. The van der Waals surface area contributed by atoms with Gasteiger partial charge in [-0.3, -0.25) is 4.79 Å². The molecule has 1 saturated heterocycles. The van der Waals surface area contributed by atoms with Crippen LogP contribution in [0, 0.1) is 0 Å². The van der Waals surface area contributed by atoms with Crippen LogP contribution in [-0.4, -0.2) is 43.3 Å². The number of rotatable bonds is 4. The molecule has 4 nitrogen and oxygen atoms in total. The van der Waals surface area contributed by atoms with Crippen molar-refractivity contribution in [1.82, 2.24) is 4.90 Å². The molecule has 0 unspecified atom stereocenters. The first-order chi connectivity index (χ1) is 10.7. The highest BCUT2D eigenvalue weighted by Crippen LogP contribution is 2.36. The molecule has 0 N–H and O–H groups in total. The number of nitrogens with zero attached hydrogens (tertiary/aromatic N) is 1. The lowest BCUT2D eigenvalue weighted by atomic mass is 10.1. The zero-order valence-corrected chi connectivity index (χ0v) is 13.2. The molecule has 1 aliphatic heterocycles. The van der Waals surface area contributed by atoms with Crippen LogP contribution in [0.5, 0.6) is 0 Å². The molecule has 1 aromatic carbocycles. The largest absolute Gasteiger partial charge is 0.376 e. The Morgan fingerprint density at radius 2 is 2.18 bits per heavy atom. The van der Waals surface area contributed by atoms with Crippen LogP contribution in [0.3, 0.4) is 0 Å². The van der Waals surface area contributed by atoms with Gasteiger partial charge in [0.05, 0.1) is 32.4 Å². The number of benzene rings is 1. The van der Waals surface area contributed by atoms with Crippen LogP contribution in [-0.2, 0) is 20.7 Å². The third-order valence-corrected chi connectivity index (χ3v) is 4.31. The Morgan fingerprint density at radius 1 is 1.36 bits per heavy atom. The van der Waals surface area contributed by atoms with E-state index in [0.717, 1.165) is 12.8 Å². The van der Waals surface area contributed by atoms with E-state index in [4.69, 9.17) is 21.1 Å². The van der Waals surface area contributed by atoms with Gasteiger partial charge in [-0.25, -0.2) is 0 Å². The fourth-order valence-corrected chi connectivity index (χ4v) is 3.33. The molecular weight excluding hydrogens is 302 g/mol. The van der Waals surface area contributed by atoms with E-state index < -0.39 is 6.10 Å². The van der Waals surface area contributed by atoms with Gasteiger partial charge in [-0.05, 0) is 24.0 Å². The van der Waals surface area contributed by atoms with Crippen LogP contribution in [0.15, 0.2) is 35.9 Å². The predicted octanol–water partition coefficient (Wildman–Crippen LogP) is 2.67. The second kappa shape index (κ2) is 6.82. The lowest BCUT2D eigenvalue weighted by Gasteiger charge is -2.33. The van der Waals surface area contributed by atoms with E-state index in [2.05, 4.69) is 18.7 Å². The molecule has 0 saturated carbocycles. The Balaban J connectivity index is 1.84. The molecule has 3 rings (SSSR count). The number of hydrogen-bond acceptors (Lipinski definition) is 3. The van der Waals surface area contributed by atoms with Crippen LogP contribution in [0.25, 0.3) is 0 Å². The fraction of sp³-hybridized carbons (Fsp3) is 0.471. The van der Waals surface area contributed by atoms with E-state index in [9.17, 15) is 4.79 Å². The first kappa shape index (κ1) is 15.5. The Hall–Kier alpha value is -1.36. The number of ether oxygens (including phenoxy) is 2. The third kappa shape index (κ3) is 3.19. The summed E-state index contributed by atoms with van der Waals surface area (Å²) in [6.07, 6.45) is 1.34. The van der Waals surface area contributed by atoms with Gasteiger partial charge in [0.15, 0.2) is 6.10 Å².